The van der Waals surface area contributed by atoms with Crippen LogP contribution < -0.4 is 4.90 Å². The van der Waals surface area contributed by atoms with E-state index in [1.54, 1.807) is 12.1 Å². The Labute approximate surface area is 171 Å². The molecule has 148 valence electrons. The zero-order valence-electron chi connectivity index (χ0n) is 16.2. The third-order valence-electron chi connectivity index (χ3n) is 5.32. The van der Waals surface area contributed by atoms with Crippen LogP contribution in [0.15, 0.2) is 48.8 Å². The first-order valence-corrected chi connectivity index (χ1v) is 9.27. The van der Waals surface area contributed by atoms with E-state index in [1.165, 1.54) is 17.3 Å². The summed E-state index contributed by atoms with van der Waals surface area (Å²) in [5.74, 6) is 0.708. The summed E-state index contributed by atoms with van der Waals surface area (Å²) >= 11 is 0. The molecule has 0 radical (unpaired) electrons. The second-order valence-corrected chi connectivity index (χ2v) is 7.03. The van der Waals surface area contributed by atoms with E-state index in [1.807, 2.05) is 42.3 Å². The lowest BCUT2D eigenvalue weighted by Crippen LogP contribution is -2.46. The number of hydrogen-bond acceptors (Lipinski definition) is 4. The van der Waals surface area contributed by atoms with Crippen molar-refractivity contribution in [2.45, 2.75) is 13.5 Å². The van der Waals surface area contributed by atoms with Gasteiger partial charge in [-0.25, -0.2) is 9.37 Å². The maximum Gasteiger partial charge on any atom is 0.136 e. The maximum absolute atomic E-state index is 13.7. The highest BCUT2D eigenvalue weighted by Crippen LogP contribution is 2.30. The molecule has 1 aliphatic rings. The van der Waals surface area contributed by atoms with Gasteiger partial charge in [0.2, 0.25) is 0 Å². The number of nitrogens with zero attached hydrogens (tertiary/aromatic N) is 5. The summed E-state index contributed by atoms with van der Waals surface area (Å²) in [5.41, 5.74) is 4.35. The van der Waals surface area contributed by atoms with Crippen LogP contribution in [0.5, 0.6) is 0 Å². The Bertz CT molecular complexity index is 934. The van der Waals surface area contributed by atoms with Crippen molar-refractivity contribution >= 4 is 18.2 Å². The average Bonchev–Trinajstić information content (AvgIpc) is 3.01. The van der Waals surface area contributed by atoms with Gasteiger partial charge in [0.1, 0.15) is 11.6 Å². The molecule has 28 heavy (non-hydrogen) atoms. The molecule has 0 bridgehead atoms. The molecule has 1 aliphatic heterocycles. The molecule has 1 saturated heterocycles. The van der Waals surface area contributed by atoms with Crippen LogP contribution >= 0.6 is 12.4 Å². The van der Waals surface area contributed by atoms with E-state index in [9.17, 15) is 4.39 Å². The Kier molecular flexibility index (Phi) is 6.31. The first-order valence-electron chi connectivity index (χ1n) is 9.27. The Morgan fingerprint density at radius 2 is 1.86 bits per heavy atom. The second-order valence-electron chi connectivity index (χ2n) is 7.03. The molecule has 4 rings (SSSR count). The molecule has 0 N–H and O–H groups in total. The van der Waals surface area contributed by atoms with Gasteiger partial charge >= 0.3 is 0 Å². The summed E-state index contributed by atoms with van der Waals surface area (Å²) in [7, 11) is 1.98. The molecule has 7 heteroatoms. The molecule has 1 fully saturated rings. The maximum atomic E-state index is 13.7. The Morgan fingerprint density at radius 1 is 1.07 bits per heavy atom. The lowest BCUT2D eigenvalue weighted by atomic mass is 10.1. The summed E-state index contributed by atoms with van der Waals surface area (Å²) in [6.45, 7) is 6.77. The molecule has 0 spiro atoms. The van der Waals surface area contributed by atoms with Gasteiger partial charge < -0.3 is 4.90 Å². The topological polar surface area (TPSA) is 37.2 Å². The Balaban J connectivity index is 0.00000225. The quantitative estimate of drug-likeness (QED) is 0.668. The number of pyridine rings is 1. The number of anilines is 1. The van der Waals surface area contributed by atoms with Gasteiger partial charge in [0, 0.05) is 62.8 Å². The molecule has 5 nitrogen and oxygen atoms in total. The van der Waals surface area contributed by atoms with Crippen LogP contribution in [0.2, 0.25) is 0 Å². The summed E-state index contributed by atoms with van der Waals surface area (Å²) in [4.78, 5) is 9.35. The van der Waals surface area contributed by atoms with Crippen LogP contribution in [0, 0.1) is 12.7 Å². The van der Waals surface area contributed by atoms with Gasteiger partial charge in [-0.3, -0.25) is 9.58 Å². The van der Waals surface area contributed by atoms with E-state index in [0.717, 1.165) is 49.7 Å². The van der Waals surface area contributed by atoms with Crippen molar-refractivity contribution in [3.8, 4) is 11.1 Å². The van der Waals surface area contributed by atoms with Crippen molar-refractivity contribution in [2.75, 3.05) is 31.1 Å². The number of aromatic nitrogens is 3. The van der Waals surface area contributed by atoms with Gasteiger partial charge in [-0.1, -0.05) is 12.1 Å². The SMILES string of the molecule is Cc1c(CN2CCN(c3ncccc3-c3cccc(F)c3)CC2)cnn1C.Cl. The van der Waals surface area contributed by atoms with Crippen LogP contribution in [0.3, 0.4) is 0 Å². The Morgan fingerprint density at radius 3 is 2.54 bits per heavy atom. The minimum Gasteiger partial charge on any atom is -0.354 e. The molecule has 2 aromatic heterocycles. The zero-order valence-corrected chi connectivity index (χ0v) is 17.0. The second kappa shape index (κ2) is 8.71. The van der Waals surface area contributed by atoms with Crippen LogP contribution in [0.4, 0.5) is 10.2 Å². The van der Waals surface area contributed by atoms with E-state index in [2.05, 4.69) is 26.8 Å². The molecule has 0 saturated carbocycles. The molecule has 1 aromatic carbocycles. The van der Waals surface area contributed by atoms with Crippen LogP contribution in [0.1, 0.15) is 11.3 Å². The molecule has 3 heterocycles. The minimum atomic E-state index is -0.223. The summed E-state index contributed by atoms with van der Waals surface area (Å²) in [6.07, 6.45) is 3.77. The predicted molar refractivity (Wildman–Crippen MR) is 112 cm³/mol. The molecule has 0 aliphatic carbocycles. The molecular formula is C21H25ClFN5. The van der Waals surface area contributed by atoms with Gasteiger partial charge in [-0.15, -0.1) is 12.4 Å². The summed E-state index contributed by atoms with van der Waals surface area (Å²) in [6, 6.07) is 10.6. The third-order valence-corrected chi connectivity index (χ3v) is 5.32. The van der Waals surface area contributed by atoms with E-state index < -0.39 is 0 Å². The van der Waals surface area contributed by atoms with Crippen molar-refractivity contribution in [2.24, 2.45) is 7.05 Å². The van der Waals surface area contributed by atoms with Gasteiger partial charge in [0.05, 0.1) is 6.20 Å². The van der Waals surface area contributed by atoms with Gasteiger partial charge in [0.15, 0.2) is 0 Å². The highest BCUT2D eigenvalue weighted by Gasteiger charge is 2.21. The molecular weight excluding hydrogens is 377 g/mol. The minimum absolute atomic E-state index is 0. The van der Waals surface area contributed by atoms with Gasteiger partial charge in [-0.2, -0.15) is 5.10 Å². The summed E-state index contributed by atoms with van der Waals surface area (Å²) < 4.78 is 15.6. The van der Waals surface area contributed by atoms with E-state index in [4.69, 9.17) is 0 Å². The monoisotopic (exact) mass is 401 g/mol. The molecule has 3 aromatic rings. The normalized spacial score (nSPS) is 14.8. The lowest BCUT2D eigenvalue weighted by molar-refractivity contribution is 0.249. The van der Waals surface area contributed by atoms with Crippen LogP contribution in [-0.2, 0) is 13.6 Å². The predicted octanol–water partition coefficient (Wildman–Crippen LogP) is 3.67. The number of piperazine rings is 1. The van der Waals surface area contributed by atoms with Crippen molar-refractivity contribution in [3.05, 3.63) is 65.9 Å². The van der Waals surface area contributed by atoms with Gasteiger partial charge in [-0.05, 0) is 36.8 Å². The van der Waals surface area contributed by atoms with Gasteiger partial charge in [0.25, 0.3) is 0 Å². The largest absolute Gasteiger partial charge is 0.354 e. The van der Waals surface area contributed by atoms with Crippen molar-refractivity contribution in [1.29, 1.82) is 0 Å². The standard InChI is InChI=1S/C21H24FN5.ClH/c1-16-18(14-24-25(16)2)15-26-9-11-27(12-10-26)21-20(7-4-8-23-21)17-5-3-6-19(22)13-17;/h3-8,13-14H,9-12,15H2,1-2H3;1H. The first-order chi connectivity index (χ1) is 13.1. The molecule has 0 atom stereocenters. The van der Waals surface area contributed by atoms with Crippen molar-refractivity contribution in [3.63, 3.8) is 0 Å². The Hall–Kier alpha value is -2.44. The third kappa shape index (κ3) is 4.18. The number of rotatable bonds is 4. The fourth-order valence-electron chi connectivity index (χ4n) is 3.59. The highest BCUT2D eigenvalue weighted by molar-refractivity contribution is 5.85. The number of aryl methyl sites for hydroxylation is 1. The highest BCUT2D eigenvalue weighted by atomic mass is 35.5. The molecule has 0 amide bonds. The van der Waals surface area contributed by atoms with Crippen molar-refractivity contribution < 1.29 is 4.39 Å². The van der Waals surface area contributed by atoms with E-state index in [-0.39, 0.29) is 18.2 Å². The number of hydrogen-bond donors (Lipinski definition) is 0. The molecule has 0 unspecified atom stereocenters. The summed E-state index contributed by atoms with van der Waals surface area (Å²) in [5, 5.41) is 4.34. The van der Waals surface area contributed by atoms with Crippen LogP contribution in [0.25, 0.3) is 11.1 Å². The first kappa shape index (κ1) is 20.3. The van der Waals surface area contributed by atoms with Crippen molar-refractivity contribution in [1.82, 2.24) is 19.7 Å². The fourth-order valence-corrected chi connectivity index (χ4v) is 3.59. The zero-order chi connectivity index (χ0) is 18.8. The fraction of sp³-hybridized carbons (Fsp3) is 0.333. The average molecular weight is 402 g/mol. The lowest BCUT2D eigenvalue weighted by Gasteiger charge is -2.36. The van der Waals surface area contributed by atoms with E-state index in [0.29, 0.717) is 0 Å². The number of benzene rings is 1. The number of halogens is 2. The smallest absolute Gasteiger partial charge is 0.136 e. The van der Waals surface area contributed by atoms with Crippen LogP contribution in [-0.4, -0.2) is 45.8 Å². The van der Waals surface area contributed by atoms with E-state index >= 15 is 0 Å².